The molecule has 4 rings (SSSR count). The summed E-state index contributed by atoms with van der Waals surface area (Å²) in [4.78, 5) is 10.7. The highest BCUT2D eigenvalue weighted by atomic mass is 32.2. The standard InChI is InChI=1S/C17H22N8O3S/c1-22(2)29(26,27)24-10-8-23(9-11-24)16-15-17(19-12-18-16)25(21-20-15)13-4-6-14(28-3)7-5-13/h4-7,12H,8-11H2,1-3H3. The molecule has 1 aliphatic rings. The highest BCUT2D eigenvalue weighted by Crippen LogP contribution is 2.25. The van der Waals surface area contributed by atoms with Crippen molar-refractivity contribution in [2.45, 2.75) is 0 Å². The van der Waals surface area contributed by atoms with Crippen molar-refractivity contribution in [3.8, 4) is 11.4 Å². The van der Waals surface area contributed by atoms with Crippen LogP contribution in [0.15, 0.2) is 30.6 Å². The lowest BCUT2D eigenvalue weighted by atomic mass is 10.3. The fourth-order valence-electron chi connectivity index (χ4n) is 3.23. The Labute approximate surface area is 168 Å². The quantitative estimate of drug-likeness (QED) is 0.576. The number of fused-ring (bicyclic) bond motifs is 1. The van der Waals surface area contributed by atoms with Gasteiger partial charge in [-0.2, -0.15) is 21.7 Å². The maximum atomic E-state index is 12.3. The molecule has 1 fully saturated rings. The van der Waals surface area contributed by atoms with Crippen LogP contribution in [-0.4, -0.2) is 89.4 Å². The van der Waals surface area contributed by atoms with Gasteiger partial charge in [-0.25, -0.2) is 9.97 Å². The predicted molar refractivity (Wildman–Crippen MR) is 107 cm³/mol. The van der Waals surface area contributed by atoms with Gasteiger partial charge in [-0.05, 0) is 24.3 Å². The lowest BCUT2D eigenvalue weighted by molar-refractivity contribution is 0.355. The molecular formula is C17H22N8O3S. The summed E-state index contributed by atoms with van der Waals surface area (Å²) in [7, 11) is 1.26. The average Bonchev–Trinajstić information content (AvgIpc) is 3.18. The molecule has 0 atom stereocenters. The van der Waals surface area contributed by atoms with E-state index in [0.717, 1.165) is 11.4 Å². The summed E-state index contributed by atoms with van der Waals surface area (Å²) < 4.78 is 34.2. The van der Waals surface area contributed by atoms with E-state index in [9.17, 15) is 8.42 Å². The molecule has 0 radical (unpaired) electrons. The van der Waals surface area contributed by atoms with Gasteiger partial charge in [0.25, 0.3) is 10.2 Å². The topological polar surface area (TPSA) is 110 Å². The van der Waals surface area contributed by atoms with Crippen molar-refractivity contribution in [2.24, 2.45) is 0 Å². The van der Waals surface area contributed by atoms with Crippen LogP contribution in [0.3, 0.4) is 0 Å². The zero-order chi connectivity index (χ0) is 20.6. The molecule has 0 saturated carbocycles. The van der Waals surface area contributed by atoms with Gasteiger partial charge in [0.2, 0.25) is 0 Å². The molecule has 1 saturated heterocycles. The lowest BCUT2D eigenvalue weighted by Gasteiger charge is -2.35. The monoisotopic (exact) mass is 418 g/mol. The maximum Gasteiger partial charge on any atom is 0.281 e. The summed E-state index contributed by atoms with van der Waals surface area (Å²) >= 11 is 0. The zero-order valence-corrected chi connectivity index (χ0v) is 17.2. The van der Waals surface area contributed by atoms with Gasteiger partial charge in [-0.15, -0.1) is 5.10 Å². The second-order valence-corrected chi connectivity index (χ2v) is 8.89. The van der Waals surface area contributed by atoms with E-state index in [2.05, 4.69) is 20.3 Å². The summed E-state index contributed by atoms with van der Waals surface area (Å²) in [6.45, 7) is 1.76. The van der Waals surface area contributed by atoms with Gasteiger partial charge in [-0.3, -0.25) is 0 Å². The van der Waals surface area contributed by atoms with E-state index in [1.807, 2.05) is 29.2 Å². The lowest BCUT2D eigenvalue weighted by Crippen LogP contribution is -2.52. The van der Waals surface area contributed by atoms with E-state index in [-0.39, 0.29) is 0 Å². The summed E-state index contributed by atoms with van der Waals surface area (Å²) in [6.07, 6.45) is 1.48. The van der Waals surface area contributed by atoms with Crippen LogP contribution < -0.4 is 9.64 Å². The number of hydrogen-bond acceptors (Lipinski definition) is 8. The molecule has 11 nitrogen and oxygen atoms in total. The molecular weight excluding hydrogens is 396 g/mol. The number of ether oxygens (including phenoxy) is 1. The smallest absolute Gasteiger partial charge is 0.281 e. The van der Waals surface area contributed by atoms with Crippen LogP contribution in [0.5, 0.6) is 5.75 Å². The van der Waals surface area contributed by atoms with Crippen molar-refractivity contribution in [1.82, 2.24) is 33.6 Å². The van der Waals surface area contributed by atoms with Gasteiger partial charge in [-0.1, -0.05) is 5.21 Å². The van der Waals surface area contributed by atoms with Crippen molar-refractivity contribution in [1.29, 1.82) is 0 Å². The fraction of sp³-hybridized carbons (Fsp3) is 0.412. The third kappa shape index (κ3) is 3.50. The summed E-state index contributed by atoms with van der Waals surface area (Å²) in [6, 6.07) is 7.43. The van der Waals surface area contributed by atoms with E-state index >= 15 is 0 Å². The van der Waals surface area contributed by atoms with E-state index in [1.54, 1.807) is 11.8 Å². The Morgan fingerprint density at radius 2 is 1.72 bits per heavy atom. The number of benzene rings is 1. The van der Waals surface area contributed by atoms with E-state index in [4.69, 9.17) is 4.74 Å². The molecule has 0 unspecified atom stereocenters. The Kier molecular flexibility index (Phi) is 5.06. The van der Waals surface area contributed by atoms with E-state index in [0.29, 0.717) is 43.2 Å². The number of aromatic nitrogens is 5. The van der Waals surface area contributed by atoms with Gasteiger partial charge in [0.05, 0.1) is 12.8 Å². The predicted octanol–water partition coefficient (Wildman–Crippen LogP) is 0.148. The molecule has 0 aliphatic carbocycles. The van der Waals surface area contributed by atoms with Crippen molar-refractivity contribution in [3.63, 3.8) is 0 Å². The Balaban J connectivity index is 1.61. The number of rotatable bonds is 5. The molecule has 154 valence electrons. The van der Waals surface area contributed by atoms with Crippen LogP contribution in [0, 0.1) is 0 Å². The fourth-order valence-corrected chi connectivity index (χ4v) is 4.31. The Bertz CT molecular complexity index is 1110. The Morgan fingerprint density at radius 3 is 2.34 bits per heavy atom. The minimum absolute atomic E-state index is 0.374. The molecule has 0 bridgehead atoms. The summed E-state index contributed by atoms with van der Waals surface area (Å²) in [5.41, 5.74) is 1.97. The largest absolute Gasteiger partial charge is 0.497 e. The Hall–Kier alpha value is -2.83. The minimum Gasteiger partial charge on any atom is -0.497 e. The third-order valence-corrected chi connectivity index (χ3v) is 6.80. The number of anilines is 1. The highest BCUT2D eigenvalue weighted by Gasteiger charge is 2.30. The number of piperazine rings is 1. The van der Waals surface area contributed by atoms with Gasteiger partial charge in [0.15, 0.2) is 17.0 Å². The molecule has 3 aromatic rings. The average molecular weight is 418 g/mol. The number of nitrogens with zero attached hydrogens (tertiary/aromatic N) is 8. The molecule has 0 spiro atoms. The third-order valence-electron chi connectivity index (χ3n) is 4.86. The van der Waals surface area contributed by atoms with Crippen LogP contribution in [0.1, 0.15) is 0 Å². The first-order chi connectivity index (χ1) is 13.9. The molecule has 3 heterocycles. The van der Waals surface area contributed by atoms with Gasteiger partial charge < -0.3 is 9.64 Å². The Morgan fingerprint density at radius 1 is 1.03 bits per heavy atom. The van der Waals surface area contributed by atoms with Crippen molar-refractivity contribution in [3.05, 3.63) is 30.6 Å². The van der Waals surface area contributed by atoms with Crippen LogP contribution in [0.2, 0.25) is 0 Å². The molecule has 2 aromatic heterocycles. The maximum absolute atomic E-state index is 12.3. The second-order valence-electron chi connectivity index (χ2n) is 6.75. The van der Waals surface area contributed by atoms with Gasteiger partial charge >= 0.3 is 0 Å². The summed E-state index contributed by atoms with van der Waals surface area (Å²) in [5.74, 6) is 1.40. The second kappa shape index (κ2) is 7.54. The normalized spacial score (nSPS) is 15.9. The molecule has 29 heavy (non-hydrogen) atoms. The van der Waals surface area contributed by atoms with Gasteiger partial charge in [0.1, 0.15) is 12.1 Å². The van der Waals surface area contributed by atoms with E-state index in [1.165, 1.54) is 29.0 Å². The summed E-state index contributed by atoms with van der Waals surface area (Å²) in [5, 5.41) is 8.52. The van der Waals surface area contributed by atoms with Gasteiger partial charge in [0, 0.05) is 40.3 Å². The van der Waals surface area contributed by atoms with Crippen LogP contribution >= 0.6 is 0 Å². The minimum atomic E-state index is -3.42. The van der Waals surface area contributed by atoms with Crippen molar-refractivity contribution >= 4 is 27.2 Å². The molecule has 0 N–H and O–H groups in total. The molecule has 1 aliphatic heterocycles. The van der Waals surface area contributed by atoms with Crippen LogP contribution in [0.25, 0.3) is 16.9 Å². The molecule has 1 aromatic carbocycles. The zero-order valence-electron chi connectivity index (χ0n) is 16.4. The first-order valence-electron chi connectivity index (χ1n) is 9.05. The van der Waals surface area contributed by atoms with Crippen LogP contribution in [-0.2, 0) is 10.2 Å². The first kappa shape index (κ1) is 19.5. The van der Waals surface area contributed by atoms with Crippen molar-refractivity contribution in [2.75, 3.05) is 52.3 Å². The highest BCUT2D eigenvalue weighted by molar-refractivity contribution is 7.86. The van der Waals surface area contributed by atoms with E-state index < -0.39 is 10.2 Å². The number of methoxy groups -OCH3 is 1. The molecule has 12 heteroatoms. The van der Waals surface area contributed by atoms with Crippen LogP contribution in [0.4, 0.5) is 5.82 Å². The molecule has 0 amide bonds. The first-order valence-corrected chi connectivity index (χ1v) is 10.4. The SMILES string of the molecule is COc1ccc(-n2nnc3c(N4CCN(S(=O)(=O)N(C)C)CC4)ncnc32)cc1. The number of hydrogen-bond donors (Lipinski definition) is 0. The van der Waals surface area contributed by atoms with Crippen molar-refractivity contribution < 1.29 is 13.2 Å².